The number of likely N-dealkylation sites (N-methyl/N-ethyl adjacent to an activating group) is 1. The fraction of sp³-hybridized carbons (Fsp3) is 0.679. The predicted octanol–water partition coefficient (Wildman–Crippen LogP) is 3.53. The Morgan fingerprint density at radius 1 is 1.26 bits per heavy atom. The number of likely N-dealkylation sites (tertiary alicyclic amines) is 1. The van der Waals surface area contributed by atoms with Gasteiger partial charge in [0.1, 0.15) is 6.10 Å². The zero-order valence-corrected chi connectivity index (χ0v) is 20.3. The van der Waals surface area contributed by atoms with Crippen LogP contribution in [0.2, 0.25) is 0 Å². The summed E-state index contributed by atoms with van der Waals surface area (Å²) < 4.78 is 6.60. The third-order valence-electron chi connectivity index (χ3n) is 9.98. The zero-order valence-electron chi connectivity index (χ0n) is 20.3. The molecule has 6 heteroatoms. The molecule has 1 saturated heterocycles. The Balaban J connectivity index is 1.38. The van der Waals surface area contributed by atoms with Crippen molar-refractivity contribution in [2.24, 2.45) is 5.92 Å². The lowest BCUT2D eigenvalue weighted by Crippen LogP contribution is -2.78. The Morgan fingerprint density at radius 3 is 2.82 bits per heavy atom. The number of ether oxygens (including phenoxy) is 1. The van der Waals surface area contributed by atoms with Gasteiger partial charge in [-0.15, -0.1) is 6.58 Å². The number of aliphatic hydroxyl groups is 1. The highest BCUT2D eigenvalue weighted by Gasteiger charge is 2.73. The first-order chi connectivity index (χ1) is 16.4. The van der Waals surface area contributed by atoms with Gasteiger partial charge in [0.2, 0.25) is 5.91 Å². The summed E-state index contributed by atoms with van der Waals surface area (Å²) in [7, 11) is 1.93. The molecule has 184 valence electrons. The first-order valence-electron chi connectivity index (χ1n) is 13.3. The number of rotatable bonds is 5. The molecule has 1 amide bonds. The SMILES string of the molecule is C=CCN1CC[C@]23c4c5ccc(O)c4O[C@H]2[C@H](N(C)C(=O)CC2CCCCC2)CC[C@@]3(O)[C@H]1C5. The van der Waals surface area contributed by atoms with E-state index in [1.807, 2.05) is 24.1 Å². The van der Waals surface area contributed by atoms with E-state index in [-0.39, 0.29) is 29.8 Å². The van der Waals surface area contributed by atoms with Crippen molar-refractivity contribution in [1.82, 2.24) is 9.80 Å². The number of amides is 1. The molecule has 5 aliphatic rings. The van der Waals surface area contributed by atoms with E-state index in [1.54, 1.807) is 6.07 Å². The van der Waals surface area contributed by atoms with Crippen LogP contribution >= 0.6 is 0 Å². The molecule has 3 aliphatic carbocycles. The normalized spacial score (nSPS) is 36.5. The molecule has 2 saturated carbocycles. The van der Waals surface area contributed by atoms with Crippen LogP contribution in [0.15, 0.2) is 24.8 Å². The topological polar surface area (TPSA) is 73.2 Å². The summed E-state index contributed by atoms with van der Waals surface area (Å²) >= 11 is 0. The van der Waals surface area contributed by atoms with Crippen LogP contribution in [0.25, 0.3) is 0 Å². The van der Waals surface area contributed by atoms with Gasteiger partial charge in [-0.1, -0.05) is 31.4 Å². The molecule has 2 heterocycles. The number of aromatic hydroxyl groups is 1. The summed E-state index contributed by atoms with van der Waals surface area (Å²) in [4.78, 5) is 17.7. The molecule has 1 spiro atoms. The molecule has 1 aromatic carbocycles. The van der Waals surface area contributed by atoms with Gasteiger partial charge < -0.3 is 19.8 Å². The van der Waals surface area contributed by atoms with Gasteiger partial charge in [0.15, 0.2) is 11.5 Å². The van der Waals surface area contributed by atoms with Gasteiger partial charge in [-0.05, 0) is 62.6 Å². The molecular weight excluding hydrogens is 428 g/mol. The molecule has 3 fully saturated rings. The number of nitrogens with zero attached hydrogens (tertiary/aromatic N) is 2. The zero-order chi connectivity index (χ0) is 23.7. The second-order valence-corrected chi connectivity index (χ2v) is 11.5. The third-order valence-corrected chi connectivity index (χ3v) is 9.98. The second-order valence-electron chi connectivity index (χ2n) is 11.5. The smallest absolute Gasteiger partial charge is 0.222 e. The molecule has 6 rings (SSSR count). The van der Waals surface area contributed by atoms with Crippen LogP contribution in [0, 0.1) is 5.92 Å². The van der Waals surface area contributed by atoms with Crippen molar-refractivity contribution in [3.05, 3.63) is 35.9 Å². The van der Waals surface area contributed by atoms with Crippen molar-refractivity contribution in [3.8, 4) is 11.5 Å². The van der Waals surface area contributed by atoms with Crippen molar-refractivity contribution in [2.45, 2.75) is 93.4 Å². The highest BCUT2D eigenvalue weighted by atomic mass is 16.5. The Labute approximate surface area is 202 Å². The summed E-state index contributed by atoms with van der Waals surface area (Å²) in [5.41, 5.74) is 0.622. The maximum atomic E-state index is 13.4. The van der Waals surface area contributed by atoms with E-state index in [2.05, 4.69) is 11.5 Å². The number of phenols is 1. The van der Waals surface area contributed by atoms with Crippen molar-refractivity contribution in [1.29, 1.82) is 0 Å². The lowest BCUT2D eigenvalue weighted by atomic mass is 9.48. The molecule has 6 nitrogen and oxygen atoms in total. The number of hydrogen-bond donors (Lipinski definition) is 2. The lowest BCUT2D eigenvalue weighted by molar-refractivity contribution is -0.198. The van der Waals surface area contributed by atoms with E-state index in [0.717, 1.165) is 49.9 Å². The van der Waals surface area contributed by atoms with E-state index in [9.17, 15) is 15.0 Å². The summed E-state index contributed by atoms with van der Waals surface area (Å²) in [6, 6.07) is 3.61. The van der Waals surface area contributed by atoms with Gasteiger partial charge in [0.25, 0.3) is 0 Å². The van der Waals surface area contributed by atoms with E-state index in [4.69, 9.17) is 4.74 Å². The monoisotopic (exact) mass is 466 g/mol. The number of carbonyl (C=O) groups is 1. The van der Waals surface area contributed by atoms with Gasteiger partial charge in [0.05, 0.1) is 17.1 Å². The molecule has 0 aromatic heterocycles. The summed E-state index contributed by atoms with van der Waals surface area (Å²) in [6.45, 7) is 5.54. The van der Waals surface area contributed by atoms with Crippen molar-refractivity contribution < 1.29 is 19.7 Å². The van der Waals surface area contributed by atoms with Crippen LogP contribution in [0.5, 0.6) is 11.5 Å². The first kappa shape index (κ1) is 22.4. The van der Waals surface area contributed by atoms with Crippen LogP contribution in [0.3, 0.4) is 0 Å². The fourth-order valence-electron chi connectivity index (χ4n) is 8.35. The second kappa shape index (κ2) is 7.99. The molecule has 0 unspecified atom stereocenters. The van der Waals surface area contributed by atoms with Gasteiger partial charge >= 0.3 is 0 Å². The Bertz CT molecular complexity index is 1000. The maximum absolute atomic E-state index is 13.4. The maximum Gasteiger partial charge on any atom is 0.222 e. The molecule has 34 heavy (non-hydrogen) atoms. The van der Waals surface area contributed by atoms with E-state index >= 15 is 0 Å². The Kier molecular flexibility index (Phi) is 5.27. The molecule has 2 N–H and O–H groups in total. The fourth-order valence-corrected chi connectivity index (χ4v) is 8.35. The first-order valence-corrected chi connectivity index (χ1v) is 13.3. The standard InChI is InChI=1S/C28H38N2O4/c1-3-14-30-15-13-27-24-19-9-10-21(31)25(24)34-26(27)20(11-12-28(27,33)22(30)17-19)29(2)23(32)16-18-7-5-4-6-8-18/h3,9-10,18,20,22,26,31,33H,1,4-8,11-17H2,2H3/t20-,22-,26+,27+,28-/m1/s1. The van der Waals surface area contributed by atoms with Gasteiger partial charge in [-0.2, -0.15) is 0 Å². The quantitative estimate of drug-likeness (QED) is 0.650. The highest BCUT2D eigenvalue weighted by molar-refractivity contribution is 5.77. The van der Waals surface area contributed by atoms with E-state index in [0.29, 0.717) is 30.9 Å². The van der Waals surface area contributed by atoms with Gasteiger partial charge in [-0.25, -0.2) is 0 Å². The van der Waals surface area contributed by atoms with Gasteiger partial charge in [-0.3, -0.25) is 9.69 Å². The molecule has 0 radical (unpaired) electrons. The lowest BCUT2D eigenvalue weighted by Gasteiger charge is -2.64. The van der Waals surface area contributed by atoms with Crippen LogP contribution < -0.4 is 4.74 Å². The summed E-state index contributed by atoms with van der Waals surface area (Å²) in [5, 5.41) is 23.2. The number of carbonyl (C=O) groups excluding carboxylic acids is 1. The predicted molar refractivity (Wildman–Crippen MR) is 130 cm³/mol. The van der Waals surface area contributed by atoms with Crippen LogP contribution in [-0.2, 0) is 16.6 Å². The Hall–Kier alpha value is -2.05. The average Bonchev–Trinajstić information content (AvgIpc) is 3.18. The van der Waals surface area contributed by atoms with Crippen LogP contribution in [0.4, 0.5) is 0 Å². The van der Waals surface area contributed by atoms with Crippen molar-refractivity contribution in [3.63, 3.8) is 0 Å². The largest absolute Gasteiger partial charge is 0.504 e. The average molecular weight is 467 g/mol. The minimum atomic E-state index is -0.950. The third kappa shape index (κ3) is 2.91. The van der Waals surface area contributed by atoms with Crippen LogP contribution in [-0.4, -0.2) is 69.8 Å². The van der Waals surface area contributed by atoms with Gasteiger partial charge in [0, 0.05) is 31.6 Å². The molecule has 2 aliphatic heterocycles. The summed E-state index contributed by atoms with van der Waals surface area (Å²) in [6.07, 6.45) is 11.1. The van der Waals surface area contributed by atoms with E-state index < -0.39 is 11.0 Å². The number of piperidine rings is 1. The minimum Gasteiger partial charge on any atom is -0.504 e. The minimum absolute atomic E-state index is 0.0162. The van der Waals surface area contributed by atoms with E-state index in [1.165, 1.54) is 19.3 Å². The van der Waals surface area contributed by atoms with Crippen molar-refractivity contribution in [2.75, 3.05) is 20.1 Å². The summed E-state index contributed by atoms with van der Waals surface area (Å²) in [5.74, 6) is 1.36. The molecule has 5 atom stereocenters. The Morgan fingerprint density at radius 2 is 2.06 bits per heavy atom. The van der Waals surface area contributed by atoms with Crippen molar-refractivity contribution >= 4 is 5.91 Å². The molecule has 1 aromatic rings. The molecular formula is C28H38N2O4. The molecule has 2 bridgehead atoms. The number of benzene rings is 1. The van der Waals surface area contributed by atoms with Crippen LogP contribution in [0.1, 0.15) is 68.9 Å². The number of hydrogen-bond acceptors (Lipinski definition) is 5. The number of phenolic OH excluding ortho intramolecular Hbond substituents is 1. The highest BCUT2D eigenvalue weighted by Crippen LogP contribution is 2.65.